The van der Waals surface area contributed by atoms with E-state index in [1.165, 1.54) is 0 Å². The fourth-order valence-electron chi connectivity index (χ4n) is 4.63. The molecule has 0 aromatic rings. The van der Waals surface area contributed by atoms with Crippen LogP contribution in [0.2, 0.25) is 0 Å². The van der Waals surface area contributed by atoms with Crippen LogP contribution in [0, 0.1) is 0 Å². The number of carbonyl (C=O) groups excluding carboxylic acids is 1. The maximum atomic E-state index is 12.5. The van der Waals surface area contributed by atoms with Gasteiger partial charge in [-0.15, -0.1) is 0 Å². The van der Waals surface area contributed by atoms with Crippen molar-refractivity contribution in [1.82, 2.24) is 0 Å². The molecule has 0 aliphatic carbocycles. The van der Waals surface area contributed by atoms with Gasteiger partial charge in [0.25, 0.3) is 0 Å². The highest BCUT2D eigenvalue weighted by Crippen LogP contribution is 2.43. The van der Waals surface area contributed by atoms with E-state index in [-0.39, 0.29) is 32.8 Å². The number of carbonyl (C=O) groups is 1. The van der Waals surface area contributed by atoms with Crippen LogP contribution in [0.5, 0.6) is 0 Å². The molecule has 0 radical (unpaired) electrons. The number of esters is 1. The molecule has 314 valence electrons. The summed E-state index contributed by atoms with van der Waals surface area (Å²) in [6, 6.07) is 0. The molecule has 2 atom stereocenters. The van der Waals surface area contributed by atoms with E-state index in [1.807, 2.05) is 12.2 Å². The van der Waals surface area contributed by atoms with Gasteiger partial charge < -0.3 is 20.1 Å². The molecule has 0 amide bonds. The van der Waals surface area contributed by atoms with Crippen LogP contribution in [-0.2, 0) is 27.9 Å². The predicted octanol–water partition coefficient (Wildman–Crippen LogP) is 12.4. The standard InChI is InChI=1S/C47H74NO7P/c1-3-5-7-9-11-13-15-17-18-19-20-21-22-23-24-25-26-27-29-31-33-35-37-39-42-52-44-46(45-54-56(50,51)53-43-41-48)55-47(49)40-38-36-34-32-30-28-16-14-12-10-8-6-4-2/h5-8,11-14,17-18,20-21,23-24,26-28,30-31,33-34,36,46H,3-4,9-10,15-16,19,22,25,29,32,35,37-45,48H2,1-2H3,(H,50,51)/b7-5-,8-6-,13-11-,14-12-,18-17-,21-20-,24-23-,27-26-,30-28-,33-31-,36-34-. The van der Waals surface area contributed by atoms with Gasteiger partial charge in [-0.2, -0.15) is 0 Å². The number of nitrogens with two attached hydrogens (primary N) is 1. The molecule has 3 N–H and O–H groups in total. The van der Waals surface area contributed by atoms with Crippen LogP contribution in [-0.4, -0.2) is 49.9 Å². The van der Waals surface area contributed by atoms with Crippen molar-refractivity contribution in [2.75, 3.05) is 33.0 Å². The molecule has 8 nitrogen and oxygen atoms in total. The normalized spacial score (nSPS) is 14.9. The summed E-state index contributed by atoms with van der Waals surface area (Å²) < 4.78 is 33.2. The summed E-state index contributed by atoms with van der Waals surface area (Å²) in [5, 5.41) is 0. The Balaban J connectivity index is 4.25. The molecule has 9 heteroatoms. The molecule has 56 heavy (non-hydrogen) atoms. The third-order valence-corrected chi connectivity index (χ3v) is 8.56. The maximum Gasteiger partial charge on any atom is 0.472 e. The minimum Gasteiger partial charge on any atom is -0.457 e. The van der Waals surface area contributed by atoms with E-state index in [0.29, 0.717) is 13.0 Å². The van der Waals surface area contributed by atoms with Gasteiger partial charge in [0.05, 0.1) is 19.8 Å². The van der Waals surface area contributed by atoms with Crippen LogP contribution in [0.25, 0.3) is 0 Å². The first-order valence-corrected chi connectivity index (χ1v) is 22.2. The quantitative estimate of drug-likeness (QED) is 0.0276. The lowest BCUT2D eigenvalue weighted by molar-refractivity contribution is -0.154. The average molecular weight is 796 g/mol. The lowest BCUT2D eigenvalue weighted by Gasteiger charge is -2.19. The highest BCUT2D eigenvalue weighted by atomic mass is 31.2. The molecule has 0 saturated heterocycles. The second-order valence-corrected chi connectivity index (χ2v) is 14.2. The van der Waals surface area contributed by atoms with E-state index >= 15 is 0 Å². The molecular weight excluding hydrogens is 721 g/mol. The minimum atomic E-state index is -4.32. The van der Waals surface area contributed by atoms with Crippen LogP contribution < -0.4 is 5.73 Å². The number of phosphoric ester groups is 1. The lowest BCUT2D eigenvalue weighted by atomic mass is 10.2. The van der Waals surface area contributed by atoms with E-state index in [9.17, 15) is 14.3 Å². The number of hydrogen-bond donors (Lipinski definition) is 2. The summed E-state index contributed by atoms with van der Waals surface area (Å²) in [5.74, 6) is -0.433. The van der Waals surface area contributed by atoms with Crippen LogP contribution >= 0.6 is 7.82 Å². The first-order chi connectivity index (χ1) is 27.4. The zero-order chi connectivity index (χ0) is 40.9. The molecule has 0 saturated carbocycles. The largest absolute Gasteiger partial charge is 0.472 e. The Morgan fingerprint density at radius 3 is 1.34 bits per heavy atom. The summed E-state index contributed by atoms with van der Waals surface area (Å²) in [4.78, 5) is 22.4. The third-order valence-electron chi connectivity index (χ3n) is 7.58. The highest BCUT2D eigenvalue weighted by molar-refractivity contribution is 7.47. The van der Waals surface area contributed by atoms with E-state index < -0.39 is 19.9 Å². The number of allylic oxidation sites excluding steroid dienone is 22. The molecule has 0 rings (SSSR count). The van der Waals surface area contributed by atoms with Crippen molar-refractivity contribution in [3.05, 3.63) is 134 Å². The number of ether oxygens (including phenoxy) is 2. The monoisotopic (exact) mass is 796 g/mol. The number of unbranched alkanes of at least 4 members (excludes halogenated alkanes) is 2. The maximum absolute atomic E-state index is 12.5. The fourth-order valence-corrected chi connectivity index (χ4v) is 5.40. The number of rotatable bonds is 37. The van der Waals surface area contributed by atoms with E-state index in [2.05, 4.69) is 135 Å². The van der Waals surface area contributed by atoms with Gasteiger partial charge in [0.1, 0.15) is 6.10 Å². The second-order valence-electron chi connectivity index (χ2n) is 12.7. The van der Waals surface area contributed by atoms with Gasteiger partial charge in [-0.05, 0) is 96.3 Å². The van der Waals surface area contributed by atoms with Gasteiger partial charge in [-0.1, -0.05) is 148 Å². The van der Waals surface area contributed by atoms with Crippen LogP contribution in [0.3, 0.4) is 0 Å². The van der Waals surface area contributed by atoms with Crippen molar-refractivity contribution in [1.29, 1.82) is 0 Å². The molecule has 0 fully saturated rings. The predicted molar refractivity (Wildman–Crippen MR) is 237 cm³/mol. The van der Waals surface area contributed by atoms with Crippen molar-refractivity contribution in [3.8, 4) is 0 Å². The lowest BCUT2D eigenvalue weighted by Crippen LogP contribution is -2.28. The number of hydrogen-bond acceptors (Lipinski definition) is 7. The molecule has 0 aliphatic rings. The van der Waals surface area contributed by atoms with Crippen molar-refractivity contribution < 1.29 is 32.8 Å². The van der Waals surface area contributed by atoms with E-state index in [1.54, 1.807) is 0 Å². The SMILES string of the molecule is CC/C=C\C/C=C\C/C=C\C/C=C\C/C=C\C/C=C\C/C=C\CCCCOCC(COP(=O)(O)OCCN)OC(=O)CC/C=C\C/C=C\C/C=C\C/C=C\CC. The van der Waals surface area contributed by atoms with Gasteiger partial charge in [0.15, 0.2) is 0 Å². The second kappa shape index (κ2) is 42.8. The molecule has 0 aromatic carbocycles. The van der Waals surface area contributed by atoms with Crippen molar-refractivity contribution in [3.63, 3.8) is 0 Å². The summed E-state index contributed by atoms with van der Waals surface area (Å²) in [7, 11) is -4.32. The topological polar surface area (TPSA) is 117 Å². The van der Waals surface area contributed by atoms with Crippen LogP contribution in [0.15, 0.2) is 134 Å². The molecule has 0 bridgehead atoms. The Morgan fingerprint density at radius 1 is 0.536 bits per heavy atom. The van der Waals surface area contributed by atoms with E-state index in [0.717, 1.165) is 89.9 Å². The van der Waals surface area contributed by atoms with Crippen LogP contribution in [0.4, 0.5) is 0 Å². The zero-order valence-corrected chi connectivity index (χ0v) is 35.4. The van der Waals surface area contributed by atoms with Crippen LogP contribution in [0.1, 0.15) is 117 Å². The minimum absolute atomic E-state index is 0.0467. The summed E-state index contributed by atoms with van der Waals surface area (Å²) in [6.45, 7) is 4.41. The third kappa shape index (κ3) is 41.8. The summed E-state index contributed by atoms with van der Waals surface area (Å²) in [5.41, 5.74) is 5.35. The summed E-state index contributed by atoms with van der Waals surface area (Å²) in [6.07, 6.45) is 60.7. The summed E-state index contributed by atoms with van der Waals surface area (Å²) >= 11 is 0. The Hall–Kier alpha value is -3.36. The molecule has 2 unspecified atom stereocenters. The molecule has 0 heterocycles. The van der Waals surface area contributed by atoms with E-state index in [4.69, 9.17) is 24.3 Å². The van der Waals surface area contributed by atoms with Gasteiger partial charge >= 0.3 is 13.8 Å². The highest BCUT2D eigenvalue weighted by Gasteiger charge is 2.25. The Labute approximate surface area is 340 Å². The molecule has 0 aliphatic heterocycles. The Bertz CT molecular complexity index is 1300. The van der Waals surface area contributed by atoms with Gasteiger partial charge in [-0.25, -0.2) is 4.57 Å². The van der Waals surface area contributed by atoms with Gasteiger partial charge in [-0.3, -0.25) is 13.8 Å². The fraction of sp³-hybridized carbons (Fsp3) is 0.511. The smallest absolute Gasteiger partial charge is 0.457 e. The van der Waals surface area contributed by atoms with Gasteiger partial charge in [0.2, 0.25) is 0 Å². The van der Waals surface area contributed by atoms with Crippen molar-refractivity contribution >= 4 is 13.8 Å². The molecule has 0 aromatic heterocycles. The molecule has 0 spiro atoms. The molecular formula is C47H74NO7P. The van der Waals surface area contributed by atoms with Crippen molar-refractivity contribution in [2.24, 2.45) is 5.73 Å². The van der Waals surface area contributed by atoms with Gasteiger partial charge in [0, 0.05) is 19.6 Å². The zero-order valence-electron chi connectivity index (χ0n) is 34.5. The first kappa shape index (κ1) is 52.6. The Kier molecular flexibility index (Phi) is 40.2. The number of phosphoric acid groups is 1. The Morgan fingerprint density at radius 2 is 0.929 bits per heavy atom. The average Bonchev–Trinajstić information content (AvgIpc) is 3.19. The van der Waals surface area contributed by atoms with Crippen molar-refractivity contribution in [2.45, 2.75) is 123 Å². The first-order valence-electron chi connectivity index (χ1n) is 20.7.